The molecule has 0 saturated carbocycles. The number of hydrazine groups is 1. The smallest absolute Gasteiger partial charge is 0.280 e. The summed E-state index contributed by atoms with van der Waals surface area (Å²) in [5, 5.41) is 0. The predicted octanol–water partition coefficient (Wildman–Crippen LogP) is 0.381. The van der Waals surface area contributed by atoms with Crippen LogP contribution in [-0.2, 0) is 4.79 Å². The topological polar surface area (TPSA) is 111 Å². The van der Waals surface area contributed by atoms with Crippen LogP contribution in [0.1, 0.15) is 16.4 Å². The Kier molecular flexibility index (Phi) is 3.51. The highest BCUT2D eigenvalue weighted by atomic mass is 16.5. The van der Waals surface area contributed by atoms with E-state index in [0.29, 0.717) is 17.3 Å². The minimum absolute atomic E-state index is 0.0325. The minimum Gasteiger partial charge on any atom is -0.476 e. The molecule has 1 atom stereocenters. The molecule has 8 heteroatoms. The zero-order valence-corrected chi connectivity index (χ0v) is 11.8. The Morgan fingerprint density at radius 3 is 2.86 bits per heavy atom. The van der Waals surface area contributed by atoms with Crippen LogP contribution < -0.4 is 20.9 Å². The van der Waals surface area contributed by atoms with Crippen LogP contribution in [0.15, 0.2) is 34.9 Å². The predicted molar refractivity (Wildman–Crippen MR) is 76.1 cm³/mol. The largest absolute Gasteiger partial charge is 0.476 e. The molecule has 0 spiro atoms. The number of aryl methyl sites for hydroxylation is 1. The zero-order chi connectivity index (χ0) is 15.7. The summed E-state index contributed by atoms with van der Waals surface area (Å²) in [6, 6.07) is 6.95. The lowest BCUT2D eigenvalue weighted by Gasteiger charge is -2.33. The second kappa shape index (κ2) is 5.49. The van der Waals surface area contributed by atoms with Crippen LogP contribution in [0.3, 0.4) is 0 Å². The lowest BCUT2D eigenvalue weighted by molar-refractivity contribution is -0.127. The number of fused-ring (bicyclic) bond motifs is 1. The summed E-state index contributed by atoms with van der Waals surface area (Å²) in [5.74, 6) is 5.08. The summed E-state index contributed by atoms with van der Waals surface area (Å²) < 4.78 is 10.6. The molecule has 2 heterocycles. The van der Waals surface area contributed by atoms with Crippen molar-refractivity contribution in [2.75, 3.05) is 11.4 Å². The Morgan fingerprint density at radius 1 is 1.41 bits per heavy atom. The van der Waals surface area contributed by atoms with Gasteiger partial charge in [0.2, 0.25) is 0 Å². The zero-order valence-electron chi connectivity index (χ0n) is 11.8. The van der Waals surface area contributed by atoms with Crippen molar-refractivity contribution >= 4 is 17.5 Å². The number of nitrogens with zero attached hydrogens (tertiary/aromatic N) is 2. The minimum atomic E-state index is -0.892. The van der Waals surface area contributed by atoms with Crippen LogP contribution in [0.4, 0.5) is 5.69 Å². The van der Waals surface area contributed by atoms with Gasteiger partial charge in [-0.2, -0.15) is 0 Å². The first-order valence-corrected chi connectivity index (χ1v) is 6.60. The number of anilines is 1. The third kappa shape index (κ3) is 2.40. The standard InChI is InChI=1S/C14H14N4O4/c1-8-16-9(7-21-8)14(20)18-6-12(13(19)17-15)22-11-5-3-2-4-10(11)18/h2-5,7,12H,6,15H2,1H3,(H,17,19). The Balaban J connectivity index is 1.98. The fourth-order valence-electron chi connectivity index (χ4n) is 2.26. The number of oxazole rings is 1. The molecule has 2 amide bonds. The number of nitrogens with two attached hydrogens (primary N) is 1. The molecule has 22 heavy (non-hydrogen) atoms. The second-order valence-electron chi connectivity index (χ2n) is 4.75. The van der Waals surface area contributed by atoms with E-state index in [-0.39, 0.29) is 18.1 Å². The maximum atomic E-state index is 12.6. The summed E-state index contributed by atoms with van der Waals surface area (Å²) in [7, 11) is 0. The fraction of sp³-hybridized carbons (Fsp3) is 0.214. The van der Waals surface area contributed by atoms with Gasteiger partial charge in [-0.1, -0.05) is 12.1 Å². The van der Waals surface area contributed by atoms with Crippen molar-refractivity contribution in [1.82, 2.24) is 10.4 Å². The third-order valence-corrected chi connectivity index (χ3v) is 3.29. The summed E-state index contributed by atoms with van der Waals surface area (Å²) in [6.45, 7) is 1.68. The number of ether oxygens (including phenoxy) is 1. The number of aromatic nitrogens is 1. The Bertz CT molecular complexity index is 727. The highest BCUT2D eigenvalue weighted by Gasteiger charge is 2.34. The molecule has 114 valence electrons. The van der Waals surface area contributed by atoms with Crippen LogP contribution >= 0.6 is 0 Å². The summed E-state index contributed by atoms with van der Waals surface area (Å²) in [4.78, 5) is 29.8. The first-order valence-electron chi connectivity index (χ1n) is 6.60. The van der Waals surface area contributed by atoms with Crippen molar-refractivity contribution in [2.45, 2.75) is 13.0 Å². The lowest BCUT2D eigenvalue weighted by atomic mass is 10.1. The molecule has 0 aliphatic carbocycles. The molecule has 1 aromatic carbocycles. The van der Waals surface area contributed by atoms with Gasteiger partial charge in [0.05, 0.1) is 12.2 Å². The number of benzene rings is 1. The molecule has 3 rings (SSSR count). The molecule has 1 aliphatic heterocycles. The number of carbonyl (C=O) groups is 2. The van der Waals surface area contributed by atoms with Crippen molar-refractivity contribution in [2.24, 2.45) is 5.84 Å². The summed E-state index contributed by atoms with van der Waals surface area (Å²) in [5.41, 5.74) is 2.76. The first kappa shape index (κ1) is 14.1. The van der Waals surface area contributed by atoms with Gasteiger partial charge >= 0.3 is 0 Å². The third-order valence-electron chi connectivity index (χ3n) is 3.29. The van der Waals surface area contributed by atoms with Gasteiger partial charge in [-0.05, 0) is 12.1 Å². The highest BCUT2D eigenvalue weighted by Crippen LogP contribution is 2.33. The summed E-state index contributed by atoms with van der Waals surface area (Å²) in [6.07, 6.45) is 0.394. The number of nitrogens with one attached hydrogen (secondary N) is 1. The quantitative estimate of drug-likeness (QED) is 0.471. The van der Waals surface area contributed by atoms with Crippen LogP contribution in [0.2, 0.25) is 0 Å². The lowest BCUT2D eigenvalue weighted by Crippen LogP contribution is -2.52. The molecule has 8 nitrogen and oxygen atoms in total. The molecular weight excluding hydrogens is 288 g/mol. The number of rotatable bonds is 2. The Morgan fingerprint density at radius 2 is 2.18 bits per heavy atom. The molecule has 0 saturated heterocycles. The average molecular weight is 302 g/mol. The van der Waals surface area contributed by atoms with Crippen molar-refractivity contribution in [3.8, 4) is 5.75 Å². The van der Waals surface area contributed by atoms with Crippen molar-refractivity contribution < 1.29 is 18.7 Å². The molecular formula is C14H14N4O4. The molecule has 3 N–H and O–H groups in total. The fourth-order valence-corrected chi connectivity index (χ4v) is 2.26. The molecule has 2 aromatic rings. The number of para-hydroxylation sites is 2. The van der Waals surface area contributed by atoms with Gasteiger partial charge in [-0.15, -0.1) is 0 Å². The van der Waals surface area contributed by atoms with E-state index in [1.165, 1.54) is 11.2 Å². The van der Waals surface area contributed by atoms with Gasteiger partial charge in [0, 0.05) is 6.92 Å². The maximum absolute atomic E-state index is 12.6. The Hall–Kier alpha value is -2.87. The van der Waals surface area contributed by atoms with Gasteiger partial charge in [0.15, 0.2) is 17.7 Å². The monoisotopic (exact) mass is 302 g/mol. The van der Waals surface area contributed by atoms with E-state index in [2.05, 4.69) is 4.98 Å². The van der Waals surface area contributed by atoms with E-state index in [0.717, 1.165) is 0 Å². The van der Waals surface area contributed by atoms with E-state index >= 15 is 0 Å². The van der Waals surface area contributed by atoms with Crippen LogP contribution in [-0.4, -0.2) is 29.4 Å². The van der Waals surface area contributed by atoms with E-state index in [9.17, 15) is 9.59 Å². The first-order chi connectivity index (χ1) is 10.6. The van der Waals surface area contributed by atoms with Crippen LogP contribution in [0.5, 0.6) is 5.75 Å². The number of hydrogen-bond acceptors (Lipinski definition) is 6. The number of carbonyl (C=O) groups excluding carboxylic acids is 2. The van der Waals surface area contributed by atoms with Gasteiger partial charge in [0.1, 0.15) is 12.0 Å². The average Bonchev–Trinajstić information content (AvgIpc) is 2.98. The van der Waals surface area contributed by atoms with E-state index in [4.69, 9.17) is 15.0 Å². The molecule has 1 aromatic heterocycles. The van der Waals surface area contributed by atoms with E-state index in [1.54, 1.807) is 31.2 Å². The Labute approximate surface area is 125 Å². The van der Waals surface area contributed by atoms with Crippen molar-refractivity contribution in [1.29, 1.82) is 0 Å². The number of hydrogen-bond donors (Lipinski definition) is 2. The van der Waals surface area contributed by atoms with Crippen molar-refractivity contribution in [3.05, 3.63) is 42.1 Å². The molecule has 1 unspecified atom stereocenters. The maximum Gasteiger partial charge on any atom is 0.280 e. The number of amides is 2. The second-order valence-corrected chi connectivity index (χ2v) is 4.75. The van der Waals surface area contributed by atoms with Crippen LogP contribution in [0.25, 0.3) is 0 Å². The van der Waals surface area contributed by atoms with Crippen LogP contribution in [0, 0.1) is 6.92 Å². The van der Waals surface area contributed by atoms with Gasteiger partial charge in [-0.3, -0.25) is 19.9 Å². The molecule has 0 radical (unpaired) electrons. The van der Waals surface area contributed by atoms with Gasteiger partial charge < -0.3 is 9.15 Å². The molecule has 0 bridgehead atoms. The van der Waals surface area contributed by atoms with Gasteiger partial charge in [-0.25, -0.2) is 10.8 Å². The molecule has 1 aliphatic rings. The van der Waals surface area contributed by atoms with Gasteiger partial charge in [0.25, 0.3) is 11.8 Å². The SMILES string of the molecule is Cc1nc(C(=O)N2CC(C(=O)NN)Oc3ccccc32)co1. The highest BCUT2D eigenvalue weighted by molar-refractivity contribution is 6.06. The van der Waals surface area contributed by atoms with E-state index in [1.807, 2.05) is 5.43 Å². The van der Waals surface area contributed by atoms with Crippen molar-refractivity contribution in [3.63, 3.8) is 0 Å². The summed E-state index contributed by atoms with van der Waals surface area (Å²) >= 11 is 0. The van der Waals surface area contributed by atoms with E-state index < -0.39 is 12.0 Å². The normalized spacial score (nSPS) is 16.6. The molecule has 0 fully saturated rings.